The Morgan fingerprint density at radius 3 is 3.00 bits per heavy atom. The molecule has 3 aromatic heterocycles. The second kappa shape index (κ2) is 3.37. The number of fused-ring (bicyclic) bond motifs is 1. The first kappa shape index (κ1) is 8.96. The number of aromatic nitrogens is 5. The van der Waals surface area contributed by atoms with Crippen LogP contribution in [0.4, 0.5) is 0 Å². The van der Waals surface area contributed by atoms with Crippen LogP contribution in [0, 0.1) is 6.92 Å². The van der Waals surface area contributed by atoms with E-state index in [1.165, 1.54) is 0 Å². The maximum Gasteiger partial charge on any atom is 0.156 e. The summed E-state index contributed by atoms with van der Waals surface area (Å²) in [4.78, 5) is 8.27. The predicted octanol–water partition coefficient (Wildman–Crippen LogP) is 1.52. The van der Waals surface area contributed by atoms with Crippen molar-refractivity contribution < 1.29 is 0 Å². The second-order valence-corrected chi connectivity index (χ2v) is 3.56. The number of rotatable bonds is 1. The van der Waals surface area contributed by atoms with Crippen LogP contribution in [0.5, 0.6) is 0 Å². The molecule has 78 valence electrons. The molecule has 0 saturated carbocycles. The molecular weight excluding hydrogens is 202 g/mol. The van der Waals surface area contributed by atoms with E-state index < -0.39 is 0 Å². The van der Waals surface area contributed by atoms with Gasteiger partial charge >= 0.3 is 0 Å². The summed E-state index contributed by atoms with van der Waals surface area (Å²) in [5.41, 5.74) is 2.82. The van der Waals surface area contributed by atoms with Crippen LogP contribution in [0.3, 0.4) is 0 Å². The summed E-state index contributed by atoms with van der Waals surface area (Å²) >= 11 is 0. The summed E-state index contributed by atoms with van der Waals surface area (Å²) in [5.74, 6) is 0.772. The van der Waals surface area contributed by atoms with Crippen molar-refractivity contribution in [1.82, 2.24) is 25.0 Å². The minimum absolute atomic E-state index is 0.769. The van der Waals surface area contributed by atoms with Gasteiger partial charge in [0.15, 0.2) is 5.82 Å². The second-order valence-electron chi connectivity index (χ2n) is 3.56. The van der Waals surface area contributed by atoms with Gasteiger partial charge in [-0.1, -0.05) is 5.21 Å². The van der Waals surface area contributed by atoms with Gasteiger partial charge < -0.3 is 0 Å². The van der Waals surface area contributed by atoms with E-state index in [4.69, 9.17) is 0 Å². The van der Waals surface area contributed by atoms with Gasteiger partial charge in [-0.05, 0) is 30.7 Å². The average molecular weight is 211 g/mol. The van der Waals surface area contributed by atoms with Gasteiger partial charge in [0, 0.05) is 12.4 Å². The predicted molar refractivity (Wildman–Crippen MR) is 59.2 cm³/mol. The van der Waals surface area contributed by atoms with Gasteiger partial charge in [0.05, 0.1) is 11.7 Å². The van der Waals surface area contributed by atoms with Crippen molar-refractivity contribution in [2.24, 2.45) is 0 Å². The first-order chi connectivity index (χ1) is 7.84. The Bertz CT molecular complexity index is 643. The van der Waals surface area contributed by atoms with Gasteiger partial charge in [-0.2, -0.15) is 4.68 Å². The maximum absolute atomic E-state index is 4.27. The third kappa shape index (κ3) is 1.33. The molecule has 0 spiro atoms. The van der Waals surface area contributed by atoms with Crippen LogP contribution in [-0.4, -0.2) is 25.0 Å². The molecular formula is C11H9N5. The Labute approximate surface area is 91.8 Å². The number of hydrogen-bond acceptors (Lipinski definition) is 4. The minimum Gasteiger partial charge on any atom is -0.262 e. The van der Waals surface area contributed by atoms with Crippen LogP contribution < -0.4 is 0 Å². The fourth-order valence-electron chi connectivity index (χ4n) is 1.58. The summed E-state index contributed by atoms with van der Waals surface area (Å²) in [5, 5.41) is 8.11. The Kier molecular flexibility index (Phi) is 1.89. The number of aryl methyl sites for hydroxylation is 1. The molecule has 16 heavy (non-hydrogen) atoms. The van der Waals surface area contributed by atoms with Gasteiger partial charge in [-0.3, -0.25) is 4.98 Å². The summed E-state index contributed by atoms with van der Waals surface area (Å²) in [6.45, 7) is 2.02. The van der Waals surface area contributed by atoms with Gasteiger partial charge in [0.25, 0.3) is 0 Å². The van der Waals surface area contributed by atoms with E-state index in [0.717, 1.165) is 22.4 Å². The SMILES string of the molecule is Cc1ccnc(-n2nnc3cnccc32)c1. The smallest absolute Gasteiger partial charge is 0.156 e. The maximum atomic E-state index is 4.27. The van der Waals surface area contributed by atoms with E-state index in [1.807, 2.05) is 25.1 Å². The lowest BCUT2D eigenvalue weighted by molar-refractivity contribution is 0.800. The Balaban J connectivity index is 2.26. The molecule has 0 radical (unpaired) electrons. The van der Waals surface area contributed by atoms with Crippen molar-refractivity contribution in [3.8, 4) is 5.82 Å². The minimum atomic E-state index is 0.769. The van der Waals surface area contributed by atoms with Gasteiger partial charge in [-0.15, -0.1) is 5.10 Å². The van der Waals surface area contributed by atoms with Crippen molar-refractivity contribution in [3.63, 3.8) is 0 Å². The highest BCUT2D eigenvalue weighted by Gasteiger charge is 2.06. The lowest BCUT2D eigenvalue weighted by Crippen LogP contribution is -1.99. The Morgan fingerprint density at radius 1 is 1.19 bits per heavy atom. The summed E-state index contributed by atoms with van der Waals surface area (Å²) in [6, 6.07) is 5.79. The molecule has 5 nitrogen and oxygen atoms in total. The molecule has 0 saturated heterocycles. The molecule has 0 atom stereocenters. The fourth-order valence-corrected chi connectivity index (χ4v) is 1.58. The van der Waals surface area contributed by atoms with Crippen molar-refractivity contribution >= 4 is 11.0 Å². The molecule has 0 aliphatic heterocycles. The lowest BCUT2D eigenvalue weighted by atomic mass is 10.3. The molecule has 0 N–H and O–H groups in total. The molecule has 0 amide bonds. The summed E-state index contributed by atoms with van der Waals surface area (Å²) in [7, 11) is 0. The van der Waals surface area contributed by atoms with E-state index in [2.05, 4.69) is 20.3 Å². The van der Waals surface area contributed by atoms with Crippen LogP contribution >= 0.6 is 0 Å². The first-order valence-corrected chi connectivity index (χ1v) is 4.93. The summed E-state index contributed by atoms with van der Waals surface area (Å²) < 4.78 is 1.71. The molecule has 0 aliphatic carbocycles. The van der Waals surface area contributed by atoms with Crippen LogP contribution in [0.15, 0.2) is 36.8 Å². The zero-order valence-electron chi connectivity index (χ0n) is 8.70. The largest absolute Gasteiger partial charge is 0.262 e. The highest BCUT2D eigenvalue weighted by Crippen LogP contribution is 2.13. The van der Waals surface area contributed by atoms with Crippen LogP contribution in [0.25, 0.3) is 16.9 Å². The number of nitrogens with zero attached hydrogens (tertiary/aromatic N) is 5. The molecule has 0 aliphatic rings. The van der Waals surface area contributed by atoms with E-state index in [-0.39, 0.29) is 0 Å². The molecule has 3 rings (SSSR count). The van der Waals surface area contributed by atoms with Crippen molar-refractivity contribution in [2.75, 3.05) is 0 Å². The average Bonchev–Trinajstić information content (AvgIpc) is 2.72. The zero-order chi connectivity index (χ0) is 11.0. The summed E-state index contributed by atoms with van der Waals surface area (Å²) in [6.07, 6.45) is 5.17. The van der Waals surface area contributed by atoms with Crippen LogP contribution in [0.1, 0.15) is 5.56 Å². The number of pyridine rings is 2. The molecule has 0 aromatic carbocycles. The fraction of sp³-hybridized carbons (Fsp3) is 0.0909. The van der Waals surface area contributed by atoms with Crippen molar-refractivity contribution in [1.29, 1.82) is 0 Å². The van der Waals surface area contributed by atoms with E-state index in [1.54, 1.807) is 23.3 Å². The quantitative estimate of drug-likeness (QED) is 0.612. The third-order valence-corrected chi connectivity index (χ3v) is 2.37. The highest BCUT2D eigenvalue weighted by atomic mass is 15.4. The normalized spacial score (nSPS) is 10.8. The first-order valence-electron chi connectivity index (χ1n) is 4.93. The standard InChI is InChI=1S/C11H9N5/c1-8-2-5-13-11(6-8)16-10-3-4-12-7-9(10)14-15-16/h2-7H,1H3. The van der Waals surface area contributed by atoms with Crippen LogP contribution in [0.2, 0.25) is 0 Å². The molecule has 0 unspecified atom stereocenters. The Morgan fingerprint density at radius 2 is 2.12 bits per heavy atom. The zero-order valence-corrected chi connectivity index (χ0v) is 8.70. The topological polar surface area (TPSA) is 56.5 Å². The van der Waals surface area contributed by atoms with E-state index >= 15 is 0 Å². The van der Waals surface area contributed by atoms with Gasteiger partial charge in [0.1, 0.15) is 5.52 Å². The van der Waals surface area contributed by atoms with Crippen LogP contribution in [-0.2, 0) is 0 Å². The molecule has 0 fully saturated rings. The Hall–Kier alpha value is -2.30. The van der Waals surface area contributed by atoms with Crippen molar-refractivity contribution in [2.45, 2.75) is 6.92 Å². The molecule has 0 bridgehead atoms. The third-order valence-electron chi connectivity index (χ3n) is 2.37. The molecule has 5 heteroatoms. The van der Waals surface area contributed by atoms with Gasteiger partial charge in [0.2, 0.25) is 0 Å². The lowest BCUT2D eigenvalue weighted by Gasteiger charge is -2.01. The molecule has 3 aromatic rings. The van der Waals surface area contributed by atoms with E-state index in [0.29, 0.717) is 0 Å². The molecule has 3 heterocycles. The van der Waals surface area contributed by atoms with Gasteiger partial charge in [-0.25, -0.2) is 4.98 Å². The van der Waals surface area contributed by atoms with Crippen molar-refractivity contribution in [3.05, 3.63) is 42.4 Å². The monoisotopic (exact) mass is 211 g/mol. The highest BCUT2D eigenvalue weighted by molar-refractivity contribution is 5.74. The number of hydrogen-bond donors (Lipinski definition) is 0. The van der Waals surface area contributed by atoms with E-state index in [9.17, 15) is 0 Å².